The third-order valence-electron chi connectivity index (χ3n) is 2.13. The highest BCUT2D eigenvalue weighted by atomic mass is 79.9. The first-order valence-corrected chi connectivity index (χ1v) is 5.32. The van der Waals surface area contributed by atoms with Gasteiger partial charge in [0.15, 0.2) is 5.82 Å². The number of nitrogens with zero attached hydrogens (tertiary/aromatic N) is 2. The van der Waals surface area contributed by atoms with Crippen LogP contribution < -0.4 is 5.73 Å². The van der Waals surface area contributed by atoms with Crippen LogP contribution in [-0.4, -0.2) is 9.97 Å². The molecule has 0 fully saturated rings. The van der Waals surface area contributed by atoms with Gasteiger partial charge >= 0.3 is 0 Å². The van der Waals surface area contributed by atoms with Gasteiger partial charge in [0.1, 0.15) is 5.82 Å². The molecule has 3 nitrogen and oxygen atoms in total. The molecule has 76 valence electrons. The molecule has 0 spiro atoms. The summed E-state index contributed by atoms with van der Waals surface area (Å²) in [6, 6.07) is 7.80. The minimum atomic E-state index is 0.524. The van der Waals surface area contributed by atoms with Gasteiger partial charge in [-0.2, -0.15) is 0 Å². The Morgan fingerprint density at radius 1 is 1.27 bits per heavy atom. The van der Waals surface area contributed by atoms with Crippen LogP contribution >= 0.6 is 15.9 Å². The SMILES string of the molecule is Cc1cnc(-c2ccccc2Br)nc1N. The fourth-order valence-corrected chi connectivity index (χ4v) is 1.69. The molecule has 1 aromatic heterocycles. The van der Waals surface area contributed by atoms with Crippen LogP contribution in [-0.2, 0) is 0 Å². The van der Waals surface area contributed by atoms with Gasteiger partial charge in [0.05, 0.1) is 0 Å². The number of benzene rings is 1. The van der Waals surface area contributed by atoms with Crippen molar-refractivity contribution >= 4 is 21.7 Å². The second-order valence-electron chi connectivity index (χ2n) is 3.24. The molecule has 0 aliphatic rings. The molecule has 0 unspecified atom stereocenters. The molecule has 1 aromatic carbocycles. The smallest absolute Gasteiger partial charge is 0.162 e. The van der Waals surface area contributed by atoms with Crippen molar-refractivity contribution < 1.29 is 0 Å². The van der Waals surface area contributed by atoms with E-state index in [1.54, 1.807) is 6.20 Å². The van der Waals surface area contributed by atoms with E-state index in [0.717, 1.165) is 15.6 Å². The molecule has 4 heteroatoms. The quantitative estimate of drug-likeness (QED) is 0.861. The van der Waals surface area contributed by atoms with Crippen LogP contribution in [0.2, 0.25) is 0 Å². The Morgan fingerprint density at radius 2 is 2.00 bits per heavy atom. The summed E-state index contributed by atoms with van der Waals surface area (Å²) in [6.07, 6.45) is 1.73. The van der Waals surface area contributed by atoms with E-state index in [4.69, 9.17) is 5.73 Å². The average Bonchev–Trinajstić information content (AvgIpc) is 2.23. The molecule has 0 radical (unpaired) electrons. The number of hydrogen-bond acceptors (Lipinski definition) is 3. The van der Waals surface area contributed by atoms with Crippen LogP contribution in [0.1, 0.15) is 5.56 Å². The van der Waals surface area contributed by atoms with Gasteiger partial charge in [-0.1, -0.05) is 34.1 Å². The predicted octanol–water partition coefficient (Wildman–Crippen LogP) is 2.80. The van der Waals surface area contributed by atoms with Crippen LogP contribution in [0, 0.1) is 6.92 Å². The minimum absolute atomic E-state index is 0.524. The molecule has 0 atom stereocenters. The number of anilines is 1. The standard InChI is InChI=1S/C11H10BrN3/c1-7-6-14-11(15-10(7)13)8-4-2-3-5-9(8)12/h2-6H,1H3,(H2,13,14,15). The zero-order valence-corrected chi connectivity index (χ0v) is 9.82. The maximum atomic E-state index is 5.74. The zero-order valence-electron chi connectivity index (χ0n) is 8.24. The molecule has 2 aromatic rings. The summed E-state index contributed by atoms with van der Waals surface area (Å²) < 4.78 is 0.966. The topological polar surface area (TPSA) is 51.8 Å². The minimum Gasteiger partial charge on any atom is -0.383 e. The molecule has 0 saturated heterocycles. The van der Waals surface area contributed by atoms with Gasteiger partial charge in [0.2, 0.25) is 0 Å². The van der Waals surface area contributed by atoms with E-state index >= 15 is 0 Å². The third kappa shape index (κ3) is 1.99. The third-order valence-corrected chi connectivity index (χ3v) is 2.82. The van der Waals surface area contributed by atoms with Crippen molar-refractivity contribution in [2.45, 2.75) is 6.92 Å². The number of rotatable bonds is 1. The summed E-state index contributed by atoms with van der Waals surface area (Å²) in [6.45, 7) is 1.89. The van der Waals surface area contributed by atoms with Crippen LogP contribution in [0.4, 0.5) is 5.82 Å². The summed E-state index contributed by atoms with van der Waals surface area (Å²) in [5.41, 5.74) is 7.58. The molecule has 0 amide bonds. The van der Waals surface area contributed by atoms with Gasteiger partial charge in [0.25, 0.3) is 0 Å². The van der Waals surface area contributed by atoms with Crippen molar-refractivity contribution in [2.75, 3.05) is 5.73 Å². The lowest BCUT2D eigenvalue weighted by atomic mass is 10.2. The van der Waals surface area contributed by atoms with Crippen molar-refractivity contribution in [1.29, 1.82) is 0 Å². The molecule has 2 rings (SSSR count). The van der Waals surface area contributed by atoms with Crippen LogP contribution in [0.3, 0.4) is 0 Å². The number of nitrogen functional groups attached to an aromatic ring is 1. The number of hydrogen-bond donors (Lipinski definition) is 1. The van der Waals surface area contributed by atoms with Crippen LogP contribution in [0.5, 0.6) is 0 Å². The van der Waals surface area contributed by atoms with Gasteiger partial charge in [0, 0.05) is 21.8 Å². The molecular weight excluding hydrogens is 254 g/mol. The average molecular weight is 264 g/mol. The maximum absolute atomic E-state index is 5.74. The molecule has 15 heavy (non-hydrogen) atoms. The molecule has 2 N–H and O–H groups in total. The molecule has 0 saturated carbocycles. The van der Waals surface area contributed by atoms with Crippen LogP contribution in [0.25, 0.3) is 11.4 Å². The van der Waals surface area contributed by atoms with Crippen molar-refractivity contribution in [3.05, 3.63) is 40.5 Å². The second kappa shape index (κ2) is 3.98. The second-order valence-corrected chi connectivity index (χ2v) is 4.10. The van der Waals surface area contributed by atoms with Crippen molar-refractivity contribution in [2.24, 2.45) is 0 Å². The fraction of sp³-hybridized carbons (Fsp3) is 0.0909. The van der Waals surface area contributed by atoms with Gasteiger partial charge in [-0.25, -0.2) is 9.97 Å². The first-order valence-electron chi connectivity index (χ1n) is 4.52. The summed E-state index contributed by atoms with van der Waals surface area (Å²) in [4.78, 5) is 8.49. The van der Waals surface area contributed by atoms with Gasteiger partial charge < -0.3 is 5.73 Å². The Hall–Kier alpha value is -1.42. The molecule has 0 aliphatic heterocycles. The number of halogens is 1. The molecule has 0 aliphatic carbocycles. The molecule has 0 bridgehead atoms. The lowest BCUT2D eigenvalue weighted by Crippen LogP contribution is -1.98. The van der Waals surface area contributed by atoms with E-state index < -0.39 is 0 Å². The largest absolute Gasteiger partial charge is 0.383 e. The van der Waals surface area contributed by atoms with E-state index in [1.807, 2.05) is 31.2 Å². The summed E-state index contributed by atoms with van der Waals surface area (Å²) in [5.74, 6) is 1.17. The monoisotopic (exact) mass is 263 g/mol. The lowest BCUT2D eigenvalue weighted by Gasteiger charge is -2.04. The van der Waals surface area contributed by atoms with Gasteiger partial charge in [-0.15, -0.1) is 0 Å². The van der Waals surface area contributed by atoms with E-state index in [9.17, 15) is 0 Å². The normalized spacial score (nSPS) is 10.3. The predicted molar refractivity (Wildman–Crippen MR) is 64.3 cm³/mol. The number of aryl methyl sites for hydroxylation is 1. The van der Waals surface area contributed by atoms with Crippen LogP contribution in [0.15, 0.2) is 34.9 Å². The van der Waals surface area contributed by atoms with Crippen molar-refractivity contribution in [3.8, 4) is 11.4 Å². The van der Waals surface area contributed by atoms with E-state index in [2.05, 4.69) is 25.9 Å². The molecular formula is C11H10BrN3. The van der Waals surface area contributed by atoms with E-state index in [1.165, 1.54) is 0 Å². The number of aromatic nitrogens is 2. The first kappa shape index (κ1) is 10.1. The maximum Gasteiger partial charge on any atom is 0.162 e. The Labute approximate surface area is 96.5 Å². The van der Waals surface area contributed by atoms with Gasteiger partial charge in [-0.05, 0) is 13.0 Å². The van der Waals surface area contributed by atoms with E-state index in [0.29, 0.717) is 11.6 Å². The Balaban J connectivity index is 2.55. The highest BCUT2D eigenvalue weighted by Crippen LogP contribution is 2.25. The molecule has 1 heterocycles. The highest BCUT2D eigenvalue weighted by molar-refractivity contribution is 9.10. The van der Waals surface area contributed by atoms with Crippen molar-refractivity contribution in [1.82, 2.24) is 9.97 Å². The lowest BCUT2D eigenvalue weighted by molar-refractivity contribution is 1.15. The fourth-order valence-electron chi connectivity index (χ4n) is 1.23. The first-order chi connectivity index (χ1) is 7.18. The Bertz CT molecular complexity index is 497. The Morgan fingerprint density at radius 3 is 2.67 bits per heavy atom. The summed E-state index contributed by atoms with van der Waals surface area (Å²) in [7, 11) is 0. The van der Waals surface area contributed by atoms with Crippen molar-refractivity contribution in [3.63, 3.8) is 0 Å². The number of nitrogens with two attached hydrogens (primary N) is 1. The van der Waals surface area contributed by atoms with Gasteiger partial charge in [-0.3, -0.25) is 0 Å². The zero-order chi connectivity index (χ0) is 10.8. The summed E-state index contributed by atoms with van der Waals surface area (Å²) >= 11 is 3.46. The highest BCUT2D eigenvalue weighted by Gasteiger charge is 2.06. The Kier molecular flexibility index (Phi) is 2.68. The summed E-state index contributed by atoms with van der Waals surface area (Å²) in [5, 5.41) is 0. The van der Waals surface area contributed by atoms with E-state index in [-0.39, 0.29) is 0 Å².